The van der Waals surface area contributed by atoms with Gasteiger partial charge in [-0.1, -0.05) is 72.8 Å². The number of hydrogen-bond acceptors (Lipinski definition) is 4. The third-order valence-corrected chi connectivity index (χ3v) is 14.0. The molecule has 2 saturated heterocycles. The van der Waals surface area contributed by atoms with Crippen LogP contribution in [-0.4, -0.2) is 47.0 Å². The summed E-state index contributed by atoms with van der Waals surface area (Å²) in [5, 5.41) is 12.6. The summed E-state index contributed by atoms with van der Waals surface area (Å²) in [5.41, 5.74) is 8.34. The van der Waals surface area contributed by atoms with Crippen LogP contribution in [0.4, 0.5) is 9.59 Å². The largest absolute Gasteiger partial charge is 0.335 e. The molecule has 2 saturated carbocycles. The first-order valence-electron chi connectivity index (χ1n) is 20.9. The molecule has 8 heteroatoms. The lowest BCUT2D eigenvalue weighted by Gasteiger charge is -2.33. The summed E-state index contributed by atoms with van der Waals surface area (Å²) < 4.78 is 0. The summed E-state index contributed by atoms with van der Waals surface area (Å²) in [5.74, 6) is 1.47. The molecule has 6 aliphatic rings. The van der Waals surface area contributed by atoms with Crippen molar-refractivity contribution in [2.75, 3.05) is 13.1 Å². The molecule has 0 spiro atoms. The van der Waals surface area contributed by atoms with Crippen molar-refractivity contribution in [3.63, 3.8) is 0 Å². The smallest absolute Gasteiger partial charge is 0.315 e. The molecule has 53 heavy (non-hydrogen) atoms. The van der Waals surface area contributed by atoms with Crippen molar-refractivity contribution in [3.8, 4) is 0 Å². The summed E-state index contributed by atoms with van der Waals surface area (Å²) in [6.45, 7) is 3.32. The molecule has 4 fully saturated rings. The van der Waals surface area contributed by atoms with Gasteiger partial charge in [-0.15, -0.1) is 0 Å². The van der Waals surface area contributed by atoms with Crippen LogP contribution in [0.2, 0.25) is 0 Å². The van der Waals surface area contributed by atoms with E-state index in [0.29, 0.717) is 43.2 Å². The van der Waals surface area contributed by atoms with E-state index in [9.17, 15) is 9.59 Å². The number of carbonyl (C=O) groups excluding carboxylic acids is 2. The van der Waals surface area contributed by atoms with Gasteiger partial charge < -0.3 is 21.3 Å². The van der Waals surface area contributed by atoms with Gasteiger partial charge in [0.2, 0.25) is 0 Å². The van der Waals surface area contributed by atoms with Gasteiger partial charge in [0.1, 0.15) is 0 Å². The average molecular weight is 715 g/mol. The van der Waals surface area contributed by atoms with E-state index in [1.807, 2.05) is 18.2 Å². The number of nitrogens with zero attached hydrogens (tertiary/aromatic N) is 2. The lowest BCUT2D eigenvalue weighted by atomic mass is 9.84. The molecule has 4 amide bonds. The molecule has 9 rings (SSSR count). The quantitative estimate of drug-likeness (QED) is 0.160. The number of carbonyl (C=O) groups is 2. The Balaban J connectivity index is 0.646. The minimum Gasteiger partial charge on any atom is -0.335 e. The number of nitrogens with one attached hydrogen (secondary N) is 4. The van der Waals surface area contributed by atoms with Crippen molar-refractivity contribution in [1.82, 2.24) is 31.1 Å². The number of rotatable bonds is 11. The molecule has 0 unspecified atom stereocenters. The molecule has 0 radical (unpaired) electrons. The molecule has 4 atom stereocenters. The standard InChI is InChI=1S/C45H58N6O2/c52-44(48-34-16-12-30(13-17-34)24-25-50-40-20-21-41(50)37-9-2-1-8-36(37)40)46-27-32-6-5-7-33(26-32)28-47-45(53)49-35-18-14-31(15-19-35)29-51-42-22-23-43(51)39-11-4-3-10-38(39)42/h1-11,26,30-31,34-35,40-43H,12-25,27-29H2,(H2,46,48,52)(H2,47,49,53)/t30?,31?,34?,35?,40-,41+,42-,43+. The fraction of sp³-hybridized carbons (Fsp3) is 0.556. The van der Waals surface area contributed by atoms with E-state index in [-0.39, 0.29) is 24.1 Å². The maximum Gasteiger partial charge on any atom is 0.315 e. The Hall–Kier alpha value is -3.88. The van der Waals surface area contributed by atoms with Gasteiger partial charge in [0.05, 0.1) is 0 Å². The molecule has 0 aromatic heterocycles. The molecule has 2 aliphatic carbocycles. The molecule has 3 aromatic rings. The topological polar surface area (TPSA) is 88.7 Å². The van der Waals surface area contributed by atoms with Gasteiger partial charge in [0, 0.05) is 55.9 Å². The van der Waals surface area contributed by atoms with E-state index in [4.69, 9.17) is 0 Å². The summed E-state index contributed by atoms with van der Waals surface area (Å²) in [7, 11) is 0. The van der Waals surface area contributed by atoms with Crippen molar-refractivity contribution >= 4 is 12.1 Å². The molecule has 4 heterocycles. The van der Waals surface area contributed by atoms with Crippen molar-refractivity contribution in [2.45, 2.75) is 133 Å². The lowest BCUT2D eigenvalue weighted by molar-refractivity contribution is 0.155. The molecular weight excluding hydrogens is 657 g/mol. The van der Waals surface area contributed by atoms with Crippen molar-refractivity contribution in [1.29, 1.82) is 0 Å². The van der Waals surface area contributed by atoms with Crippen LogP contribution in [-0.2, 0) is 13.1 Å². The summed E-state index contributed by atoms with van der Waals surface area (Å²) in [6, 6.07) is 29.1. The van der Waals surface area contributed by atoms with Crippen LogP contribution in [0.25, 0.3) is 0 Å². The second-order valence-electron chi connectivity index (χ2n) is 17.1. The van der Waals surface area contributed by atoms with Crippen molar-refractivity contribution < 1.29 is 9.59 Å². The van der Waals surface area contributed by atoms with Gasteiger partial charge >= 0.3 is 12.1 Å². The predicted octanol–water partition coefficient (Wildman–Crippen LogP) is 8.58. The second-order valence-corrected chi connectivity index (χ2v) is 17.1. The zero-order valence-corrected chi connectivity index (χ0v) is 31.3. The van der Waals surface area contributed by atoms with E-state index in [1.165, 1.54) is 70.9 Å². The van der Waals surface area contributed by atoms with E-state index >= 15 is 0 Å². The van der Waals surface area contributed by atoms with Crippen LogP contribution in [0.5, 0.6) is 0 Å². The Bertz CT molecular complexity index is 1700. The fourth-order valence-corrected chi connectivity index (χ4v) is 11.3. The molecular formula is C45H58N6O2. The first-order chi connectivity index (χ1) is 26.1. The highest BCUT2D eigenvalue weighted by Gasteiger charge is 2.45. The molecule has 4 bridgehead atoms. The van der Waals surface area contributed by atoms with Crippen LogP contribution in [0, 0.1) is 11.8 Å². The number of amides is 4. The van der Waals surface area contributed by atoms with E-state index < -0.39 is 0 Å². The maximum atomic E-state index is 12.8. The van der Waals surface area contributed by atoms with Gasteiger partial charge in [-0.2, -0.15) is 0 Å². The Morgan fingerprint density at radius 3 is 1.42 bits per heavy atom. The summed E-state index contributed by atoms with van der Waals surface area (Å²) >= 11 is 0. The maximum absolute atomic E-state index is 12.8. The number of urea groups is 2. The van der Waals surface area contributed by atoms with Gasteiger partial charge in [-0.3, -0.25) is 9.80 Å². The number of fused-ring (bicyclic) bond motifs is 10. The lowest BCUT2D eigenvalue weighted by Crippen LogP contribution is -2.44. The molecule has 4 N–H and O–H groups in total. The van der Waals surface area contributed by atoms with Crippen LogP contribution >= 0.6 is 0 Å². The normalized spacial score (nSPS) is 30.1. The van der Waals surface area contributed by atoms with Crippen LogP contribution in [0.1, 0.15) is 141 Å². The highest BCUT2D eigenvalue weighted by atomic mass is 16.2. The van der Waals surface area contributed by atoms with Gasteiger partial charge in [0.15, 0.2) is 0 Å². The second kappa shape index (κ2) is 15.5. The van der Waals surface area contributed by atoms with Gasteiger partial charge in [-0.05, 0) is 135 Å². The monoisotopic (exact) mass is 714 g/mol. The van der Waals surface area contributed by atoms with Crippen LogP contribution in [0.15, 0.2) is 72.8 Å². The van der Waals surface area contributed by atoms with Gasteiger partial charge in [0.25, 0.3) is 0 Å². The summed E-state index contributed by atoms with van der Waals surface area (Å²) in [6.07, 6.45) is 15.4. The Morgan fingerprint density at radius 2 is 0.943 bits per heavy atom. The third-order valence-electron chi connectivity index (χ3n) is 14.0. The minimum absolute atomic E-state index is 0.0876. The Morgan fingerprint density at radius 1 is 0.509 bits per heavy atom. The molecule has 3 aromatic carbocycles. The van der Waals surface area contributed by atoms with Gasteiger partial charge in [-0.25, -0.2) is 9.59 Å². The predicted molar refractivity (Wildman–Crippen MR) is 209 cm³/mol. The number of benzene rings is 3. The van der Waals surface area contributed by atoms with Crippen LogP contribution in [0.3, 0.4) is 0 Å². The van der Waals surface area contributed by atoms with Crippen molar-refractivity contribution in [3.05, 3.63) is 106 Å². The highest BCUT2D eigenvalue weighted by Crippen LogP contribution is 2.54. The average Bonchev–Trinajstić information content (AvgIpc) is 3.95. The third kappa shape index (κ3) is 7.46. The molecule has 280 valence electrons. The summed E-state index contributed by atoms with van der Waals surface area (Å²) in [4.78, 5) is 31.2. The van der Waals surface area contributed by atoms with E-state index in [1.54, 1.807) is 22.3 Å². The van der Waals surface area contributed by atoms with E-state index in [0.717, 1.165) is 42.7 Å². The molecule has 8 nitrogen and oxygen atoms in total. The highest BCUT2D eigenvalue weighted by molar-refractivity contribution is 5.74. The minimum atomic E-state index is -0.0900. The Kier molecular flexibility index (Phi) is 10.2. The van der Waals surface area contributed by atoms with Crippen molar-refractivity contribution in [2.24, 2.45) is 11.8 Å². The fourth-order valence-electron chi connectivity index (χ4n) is 11.3. The number of hydrogen-bond donors (Lipinski definition) is 4. The SMILES string of the molecule is O=C(NCc1cccc(CNC(=O)NC2CCC(CN3[C@@H]4CC[C@H]3c3ccccc34)CC2)c1)NC1CCC(CCN2[C@@H]3CC[C@H]2c2ccccc23)CC1. The van der Waals surface area contributed by atoms with E-state index in [2.05, 4.69) is 85.7 Å². The zero-order valence-electron chi connectivity index (χ0n) is 31.3. The zero-order chi connectivity index (χ0) is 35.7. The first-order valence-corrected chi connectivity index (χ1v) is 20.9. The first kappa shape index (κ1) is 34.9. The Labute approximate surface area is 315 Å². The van der Waals surface area contributed by atoms with Crippen LogP contribution < -0.4 is 21.3 Å². The molecule has 4 aliphatic heterocycles.